The van der Waals surface area contributed by atoms with Crippen molar-refractivity contribution in [1.82, 2.24) is 4.90 Å². The first-order valence-corrected chi connectivity index (χ1v) is 9.06. The molecule has 6 nitrogen and oxygen atoms in total. The number of methoxy groups -OCH3 is 1. The summed E-state index contributed by atoms with van der Waals surface area (Å²) < 4.78 is 5.13. The monoisotopic (exact) mass is 386 g/mol. The van der Waals surface area contributed by atoms with Gasteiger partial charge in [0.1, 0.15) is 5.75 Å². The zero-order chi connectivity index (χ0) is 20.4. The number of nitrogens with zero attached hydrogens (tertiary/aromatic N) is 1. The van der Waals surface area contributed by atoms with Gasteiger partial charge in [0.05, 0.1) is 24.8 Å². The molecule has 0 saturated heterocycles. The van der Waals surface area contributed by atoms with Crippen LogP contribution in [0.1, 0.15) is 36.6 Å². The fraction of sp³-hybridized carbons (Fsp3) is 0.0870. The largest absolute Gasteiger partial charge is 0.497 e. The van der Waals surface area contributed by atoms with Crippen LogP contribution >= 0.6 is 0 Å². The lowest BCUT2D eigenvalue weighted by Gasteiger charge is -2.13. The van der Waals surface area contributed by atoms with E-state index in [9.17, 15) is 14.4 Å². The maximum Gasteiger partial charge on any atom is 0.261 e. The molecule has 0 fully saturated rings. The maximum absolute atomic E-state index is 12.8. The van der Waals surface area contributed by atoms with E-state index in [0.29, 0.717) is 22.6 Å². The lowest BCUT2D eigenvalue weighted by atomic mass is 10.1. The summed E-state index contributed by atoms with van der Waals surface area (Å²) in [6.07, 6.45) is 0. The van der Waals surface area contributed by atoms with Crippen molar-refractivity contribution in [3.63, 3.8) is 0 Å². The molecular weight excluding hydrogens is 368 g/mol. The Morgan fingerprint density at radius 2 is 1.66 bits per heavy atom. The molecule has 0 spiro atoms. The van der Waals surface area contributed by atoms with Crippen molar-refractivity contribution in [3.05, 3.63) is 95.1 Å². The number of imide groups is 1. The summed E-state index contributed by atoms with van der Waals surface area (Å²) in [5, 5.41) is 2.76. The number of ether oxygens (including phenoxy) is 1. The van der Waals surface area contributed by atoms with Gasteiger partial charge in [0, 0.05) is 11.3 Å². The standard InChI is InChI=1S/C23H18N2O4/c1-29-18-9-5-8-16(12-18)21(26)24-17-10-11-19-20(13-17)23(28)25(22(19)27)14-15-6-3-2-4-7-15/h2-13H,14H2,1H3,(H,24,26). The summed E-state index contributed by atoms with van der Waals surface area (Å²) in [6.45, 7) is 0.207. The molecule has 0 radical (unpaired) electrons. The zero-order valence-corrected chi connectivity index (χ0v) is 15.7. The number of rotatable bonds is 5. The first-order valence-electron chi connectivity index (χ1n) is 9.06. The second-order valence-corrected chi connectivity index (χ2v) is 6.63. The van der Waals surface area contributed by atoms with E-state index in [4.69, 9.17) is 4.74 Å². The van der Waals surface area contributed by atoms with E-state index in [-0.39, 0.29) is 29.8 Å². The molecule has 0 bridgehead atoms. The van der Waals surface area contributed by atoms with E-state index < -0.39 is 0 Å². The van der Waals surface area contributed by atoms with Crippen molar-refractivity contribution in [3.8, 4) is 5.75 Å². The molecule has 1 heterocycles. The van der Waals surface area contributed by atoms with Gasteiger partial charge in [0.2, 0.25) is 0 Å². The van der Waals surface area contributed by atoms with Gasteiger partial charge in [-0.3, -0.25) is 19.3 Å². The zero-order valence-electron chi connectivity index (χ0n) is 15.7. The van der Waals surface area contributed by atoms with Crippen LogP contribution in [0.5, 0.6) is 5.75 Å². The van der Waals surface area contributed by atoms with Crippen molar-refractivity contribution in [2.45, 2.75) is 6.54 Å². The minimum absolute atomic E-state index is 0.207. The Hall–Kier alpha value is -3.93. The van der Waals surface area contributed by atoms with Gasteiger partial charge in [-0.15, -0.1) is 0 Å². The summed E-state index contributed by atoms with van der Waals surface area (Å²) in [5.74, 6) is -0.462. The summed E-state index contributed by atoms with van der Waals surface area (Å²) in [5.41, 5.74) is 2.37. The van der Waals surface area contributed by atoms with E-state index in [2.05, 4.69) is 5.32 Å². The second kappa shape index (κ2) is 7.59. The van der Waals surface area contributed by atoms with Crippen LogP contribution in [0.25, 0.3) is 0 Å². The average molecular weight is 386 g/mol. The van der Waals surface area contributed by atoms with Gasteiger partial charge in [0.15, 0.2) is 0 Å². The first-order chi connectivity index (χ1) is 14.1. The highest BCUT2D eigenvalue weighted by Gasteiger charge is 2.35. The second-order valence-electron chi connectivity index (χ2n) is 6.63. The van der Waals surface area contributed by atoms with Crippen molar-refractivity contribution >= 4 is 23.4 Å². The molecule has 0 aliphatic carbocycles. The lowest BCUT2D eigenvalue weighted by Crippen LogP contribution is -2.29. The minimum atomic E-state index is -0.369. The van der Waals surface area contributed by atoms with Crippen LogP contribution in [-0.2, 0) is 6.54 Å². The van der Waals surface area contributed by atoms with E-state index in [1.165, 1.54) is 12.0 Å². The molecule has 1 aliphatic rings. The van der Waals surface area contributed by atoms with Crippen molar-refractivity contribution in [2.75, 3.05) is 12.4 Å². The quantitative estimate of drug-likeness (QED) is 0.678. The van der Waals surface area contributed by atoms with Crippen molar-refractivity contribution in [1.29, 1.82) is 0 Å². The molecule has 4 rings (SSSR count). The third-order valence-corrected chi connectivity index (χ3v) is 4.74. The molecule has 0 unspecified atom stereocenters. The van der Waals surface area contributed by atoms with Gasteiger partial charge in [-0.25, -0.2) is 0 Å². The molecule has 1 N–H and O–H groups in total. The van der Waals surface area contributed by atoms with Crippen LogP contribution in [0.3, 0.4) is 0 Å². The number of nitrogens with one attached hydrogen (secondary N) is 1. The fourth-order valence-electron chi connectivity index (χ4n) is 3.25. The predicted octanol–water partition coefficient (Wildman–Crippen LogP) is 3.74. The molecule has 1 aliphatic heterocycles. The Morgan fingerprint density at radius 1 is 0.897 bits per heavy atom. The smallest absolute Gasteiger partial charge is 0.261 e. The Labute approximate surface area is 167 Å². The Bertz CT molecular complexity index is 1110. The Kier molecular flexibility index (Phi) is 4.83. The van der Waals surface area contributed by atoms with E-state index >= 15 is 0 Å². The van der Waals surface area contributed by atoms with Gasteiger partial charge in [0.25, 0.3) is 17.7 Å². The minimum Gasteiger partial charge on any atom is -0.497 e. The molecular formula is C23H18N2O4. The van der Waals surface area contributed by atoms with Gasteiger partial charge < -0.3 is 10.1 Å². The average Bonchev–Trinajstić information content (AvgIpc) is 2.99. The third kappa shape index (κ3) is 3.60. The van der Waals surface area contributed by atoms with E-state index in [1.807, 2.05) is 30.3 Å². The summed E-state index contributed by atoms with van der Waals surface area (Å²) in [4.78, 5) is 39.1. The van der Waals surface area contributed by atoms with E-state index in [1.54, 1.807) is 42.5 Å². The molecule has 0 aromatic heterocycles. The number of fused-ring (bicyclic) bond motifs is 1. The van der Waals surface area contributed by atoms with Crippen LogP contribution in [-0.4, -0.2) is 29.7 Å². The lowest BCUT2D eigenvalue weighted by molar-refractivity contribution is 0.0642. The highest BCUT2D eigenvalue weighted by Crippen LogP contribution is 2.27. The fourth-order valence-corrected chi connectivity index (χ4v) is 3.25. The molecule has 0 saturated carbocycles. The van der Waals surface area contributed by atoms with Gasteiger partial charge >= 0.3 is 0 Å². The summed E-state index contributed by atoms with van der Waals surface area (Å²) >= 11 is 0. The number of anilines is 1. The van der Waals surface area contributed by atoms with Crippen LogP contribution in [0.4, 0.5) is 5.69 Å². The van der Waals surface area contributed by atoms with Gasteiger partial charge in [-0.1, -0.05) is 36.4 Å². The third-order valence-electron chi connectivity index (χ3n) is 4.74. The molecule has 6 heteroatoms. The predicted molar refractivity (Wildman–Crippen MR) is 108 cm³/mol. The number of hydrogen-bond acceptors (Lipinski definition) is 4. The van der Waals surface area contributed by atoms with Crippen LogP contribution in [0.2, 0.25) is 0 Å². The first kappa shape index (κ1) is 18.4. The van der Waals surface area contributed by atoms with Crippen molar-refractivity contribution in [2.24, 2.45) is 0 Å². The Balaban J connectivity index is 1.55. The number of carbonyl (C=O) groups is 3. The normalized spacial score (nSPS) is 12.7. The van der Waals surface area contributed by atoms with Gasteiger partial charge in [-0.05, 0) is 42.0 Å². The highest BCUT2D eigenvalue weighted by atomic mass is 16.5. The van der Waals surface area contributed by atoms with Crippen molar-refractivity contribution < 1.29 is 19.1 Å². The molecule has 29 heavy (non-hydrogen) atoms. The summed E-state index contributed by atoms with van der Waals surface area (Å²) in [7, 11) is 1.53. The van der Waals surface area contributed by atoms with Gasteiger partial charge in [-0.2, -0.15) is 0 Å². The highest BCUT2D eigenvalue weighted by molar-refractivity contribution is 6.22. The van der Waals surface area contributed by atoms with Crippen LogP contribution in [0.15, 0.2) is 72.8 Å². The maximum atomic E-state index is 12.8. The van der Waals surface area contributed by atoms with E-state index in [0.717, 1.165) is 5.56 Å². The Morgan fingerprint density at radius 3 is 2.41 bits per heavy atom. The molecule has 3 amide bonds. The number of benzene rings is 3. The number of carbonyl (C=O) groups excluding carboxylic acids is 3. The SMILES string of the molecule is COc1cccc(C(=O)Nc2ccc3c(c2)C(=O)N(Cc2ccccc2)C3=O)c1. The number of amides is 3. The topological polar surface area (TPSA) is 75.7 Å². The van der Waals surface area contributed by atoms with Crippen LogP contribution < -0.4 is 10.1 Å². The number of hydrogen-bond donors (Lipinski definition) is 1. The molecule has 0 atom stereocenters. The molecule has 3 aromatic carbocycles. The molecule has 3 aromatic rings. The van der Waals surface area contributed by atoms with Crippen LogP contribution in [0, 0.1) is 0 Å². The summed E-state index contributed by atoms with van der Waals surface area (Å²) in [6, 6.07) is 20.8. The molecule has 144 valence electrons.